The van der Waals surface area contributed by atoms with Gasteiger partial charge in [-0.05, 0) is 45.7 Å². The zero-order valence-corrected chi connectivity index (χ0v) is 17.3. The fourth-order valence-corrected chi connectivity index (χ4v) is 3.08. The first-order valence-electron chi connectivity index (χ1n) is 10.0. The maximum Gasteiger partial charge on any atom is 0.256 e. The minimum absolute atomic E-state index is 0.0907. The van der Waals surface area contributed by atoms with Crippen molar-refractivity contribution in [3.63, 3.8) is 0 Å². The lowest BCUT2D eigenvalue weighted by atomic mass is 9.97. The Balaban J connectivity index is 2.32. The van der Waals surface area contributed by atoms with Crippen LogP contribution in [-0.4, -0.2) is 24.2 Å². The topological polar surface area (TPSA) is 47.6 Å². The van der Waals surface area contributed by atoms with E-state index in [1.165, 1.54) is 0 Å². The Hall–Kier alpha value is -2.07. The summed E-state index contributed by atoms with van der Waals surface area (Å²) in [6, 6.07) is 11.8. The summed E-state index contributed by atoms with van der Waals surface area (Å²) in [4.78, 5) is 13.1. The van der Waals surface area contributed by atoms with Gasteiger partial charge in [0.2, 0.25) is 0 Å². The molecule has 0 fully saturated rings. The maximum atomic E-state index is 13.1. The van der Waals surface area contributed by atoms with E-state index in [2.05, 4.69) is 19.2 Å². The highest BCUT2D eigenvalue weighted by atomic mass is 16.5. The summed E-state index contributed by atoms with van der Waals surface area (Å²) in [6.45, 7) is 10.7. The van der Waals surface area contributed by atoms with Crippen LogP contribution in [0, 0.1) is 0 Å². The van der Waals surface area contributed by atoms with Gasteiger partial charge < -0.3 is 14.8 Å². The van der Waals surface area contributed by atoms with E-state index < -0.39 is 5.60 Å². The molecule has 1 amide bonds. The van der Waals surface area contributed by atoms with E-state index in [4.69, 9.17) is 9.47 Å². The second-order valence-corrected chi connectivity index (χ2v) is 7.46. The number of nitrogens with one attached hydrogen (secondary N) is 1. The van der Waals surface area contributed by atoms with Crippen LogP contribution < -0.4 is 10.1 Å². The fraction of sp³-hybridized carbons (Fsp3) is 0.522. The van der Waals surface area contributed by atoms with Crippen LogP contribution in [0.4, 0.5) is 5.69 Å². The third-order valence-electron chi connectivity index (χ3n) is 4.61. The van der Waals surface area contributed by atoms with Crippen LogP contribution in [0.1, 0.15) is 60.3 Å². The molecule has 0 saturated heterocycles. The largest absolute Gasteiger partial charge is 0.490 e. The summed E-state index contributed by atoms with van der Waals surface area (Å²) in [6.07, 6.45) is 3.67. The van der Waals surface area contributed by atoms with E-state index in [-0.39, 0.29) is 12.0 Å². The van der Waals surface area contributed by atoms with E-state index in [1.54, 1.807) is 0 Å². The highest BCUT2D eigenvalue weighted by molar-refractivity contribution is 6.06. The number of fused-ring (bicyclic) bond motifs is 1. The molecule has 2 aromatic rings. The van der Waals surface area contributed by atoms with Crippen molar-refractivity contribution in [1.82, 2.24) is 0 Å². The van der Waals surface area contributed by atoms with Crippen LogP contribution >= 0.6 is 0 Å². The van der Waals surface area contributed by atoms with Gasteiger partial charge in [0.05, 0.1) is 6.10 Å². The molecule has 0 saturated carbocycles. The Bertz CT molecular complexity index is 746. The molecule has 0 radical (unpaired) electrons. The van der Waals surface area contributed by atoms with Crippen LogP contribution in [-0.2, 0) is 9.53 Å². The van der Waals surface area contributed by atoms with Crippen LogP contribution in [0.3, 0.4) is 0 Å². The monoisotopic (exact) mass is 371 g/mol. The van der Waals surface area contributed by atoms with Crippen molar-refractivity contribution in [1.29, 1.82) is 0 Å². The minimum Gasteiger partial charge on any atom is -0.490 e. The molecule has 1 N–H and O–H groups in total. The average molecular weight is 372 g/mol. The van der Waals surface area contributed by atoms with E-state index in [0.29, 0.717) is 13.0 Å². The Kier molecular flexibility index (Phi) is 7.66. The number of hydrogen-bond donors (Lipinski definition) is 1. The highest BCUT2D eigenvalue weighted by Crippen LogP contribution is 2.33. The number of ether oxygens (including phenoxy) is 2. The van der Waals surface area contributed by atoms with Crippen LogP contribution in [0.15, 0.2) is 36.4 Å². The number of amides is 1. The number of unbranched alkanes of at least 4 members (excludes halogenated alkanes) is 1. The predicted molar refractivity (Wildman–Crippen MR) is 113 cm³/mol. The van der Waals surface area contributed by atoms with E-state index in [1.807, 2.05) is 57.2 Å². The van der Waals surface area contributed by atoms with Crippen molar-refractivity contribution >= 4 is 22.4 Å². The summed E-state index contributed by atoms with van der Waals surface area (Å²) >= 11 is 0. The molecule has 0 aromatic heterocycles. The summed E-state index contributed by atoms with van der Waals surface area (Å²) in [5, 5.41) is 5.07. The van der Waals surface area contributed by atoms with Crippen molar-refractivity contribution in [2.45, 2.75) is 72.0 Å². The van der Waals surface area contributed by atoms with Crippen molar-refractivity contribution < 1.29 is 14.3 Å². The fourth-order valence-electron chi connectivity index (χ4n) is 3.08. The second kappa shape index (κ2) is 9.75. The first kappa shape index (κ1) is 21.2. The molecule has 27 heavy (non-hydrogen) atoms. The summed E-state index contributed by atoms with van der Waals surface area (Å²) in [5.41, 5.74) is -0.0326. The van der Waals surface area contributed by atoms with Gasteiger partial charge in [-0.15, -0.1) is 0 Å². The number of rotatable bonds is 10. The Labute approximate surface area is 163 Å². The standard InChI is InChI=1S/C23H33NO3/c1-6-8-15-23(5,26-16-7-2)22(25)24-20-13-14-21(27-17(3)4)19-12-10-9-11-18(19)20/h9-14,17H,6-8,15-16H2,1-5H3,(H,24,25)/t23-/m1/s1. The molecule has 0 aliphatic rings. The number of hydrogen-bond acceptors (Lipinski definition) is 3. The summed E-state index contributed by atoms with van der Waals surface area (Å²) in [7, 11) is 0. The first-order valence-corrected chi connectivity index (χ1v) is 10.0. The molecule has 0 heterocycles. The van der Waals surface area contributed by atoms with Crippen molar-refractivity contribution in [2.24, 2.45) is 0 Å². The van der Waals surface area contributed by atoms with Gasteiger partial charge in [0, 0.05) is 23.1 Å². The lowest BCUT2D eigenvalue weighted by molar-refractivity contribution is -0.140. The van der Waals surface area contributed by atoms with E-state index in [9.17, 15) is 4.79 Å². The first-order chi connectivity index (χ1) is 12.9. The van der Waals surface area contributed by atoms with Gasteiger partial charge in [0.25, 0.3) is 5.91 Å². The van der Waals surface area contributed by atoms with Gasteiger partial charge in [-0.2, -0.15) is 0 Å². The maximum absolute atomic E-state index is 13.1. The van der Waals surface area contributed by atoms with E-state index in [0.717, 1.165) is 41.5 Å². The Morgan fingerprint density at radius 3 is 2.41 bits per heavy atom. The zero-order valence-electron chi connectivity index (χ0n) is 17.3. The molecule has 2 aromatic carbocycles. The number of benzene rings is 2. The Morgan fingerprint density at radius 2 is 1.78 bits per heavy atom. The smallest absolute Gasteiger partial charge is 0.256 e. The van der Waals surface area contributed by atoms with Crippen LogP contribution in [0.25, 0.3) is 10.8 Å². The molecule has 2 rings (SSSR count). The lowest BCUT2D eigenvalue weighted by Crippen LogP contribution is -2.43. The molecule has 0 aliphatic heterocycles. The van der Waals surface area contributed by atoms with Gasteiger partial charge >= 0.3 is 0 Å². The lowest BCUT2D eigenvalue weighted by Gasteiger charge is -2.29. The van der Waals surface area contributed by atoms with Gasteiger partial charge in [-0.3, -0.25) is 4.79 Å². The normalized spacial score (nSPS) is 13.6. The molecule has 4 heteroatoms. The number of carbonyl (C=O) groups excluding carboxylic acids is 1. The van der Waals surface area contributed by atoms with Gasteiger partial charge in [-0.25, -0.2) is 0 Å². The quantitative estimate of drug-likeness (QED) is 0.562. The van der Waals surface area contributed by atoms with Gasteiger partial charge in [0.1, 0.15) is 11.4 Å². The molecular formula is C23H33NO3. The summed E-state index contributed by atoms with van der Waals surface area (Å²) < 4.78 is 11.9. The van der Waals surface area contributed by atoms with Crippen LogP contribution in [0.2, 0.25) is 0 Å². The second-order valence-electron chi connectivity index (χ2n) is 7.46. The third kappa shape index (κ3) is 5.46. The zero-order chi connectivity index (χ0) is 19.9. The molecule has 0 aliphatic carbocycles. The van der Waals surface area contributed by atoms with Crippen molar-refractivity contribution in [2.75, 3.05) is 11.9 Å². The number of carbonyl (C=O) groups is 1. The molecule has 148 valence electrons. The molecule has 0 spiro atoms. The molecular weight excluding hydrogens is 338 g/mol. The Morgan fingerprint density at radius 1 is 1.07 bits per heavy atom. The summed E-state index contributed by atoms with van der Waals surface area (Å²) in [5.74, 6) is 0.738. The van der Waals surface area contributed by atoms with Gasteiger partial charge in [-0.1, -0.05) is 51.0 Å². The third-order valence-corrected chi connectivity index (χ3v) is 4.61. The van der Waals surface area contributed by atoms with Crippen molar-refractivity contribution in [3.05, 3.63) is 36.4 Å². The highest BCUT2D eigenvalue weighted by Gasteiger charge is 2.33. The molecule has 4 nitrogen and oxygen atoms in total. The van der Waals surface area contributed by atoms with E-state index >= 15 is 0 Å². The average Bonchev–Trinajstić information content (AvgIpc) is 2.66. The minimum atomic E-state index is -0.819. The van der Waals surface area contributed by atoms with Gasteiger partial charge in [0.15, 0.2) is 0 Å². The SMILES string of the molecule is CCCC[C@@](C)(OCCC)C(=O)Nc1ccc(OC(C)C)c2ccccc12. The number of anilines is 1. The predicted octanol–water partition coefficient (Wildman–Crippen LogP) is 5.94. The van der Waals surface area contributed by atoms with Crippen molar-refractivity contribution in [3.8, 4) is 5.75 Å². The van der Waals surface area contributed by atoms with Crippen LogP contribution in [0.5, 0.6) is 5.75 Å². The molecule has 0 unspecified atom stereocenters. The molecule has 1 atom stereocenters. The molecule has 0 bridgehead atoms.